The van der Waals surface area contributed by atoms with E-state index in [0.29, 0.717) is 11.6 Å². The highest BCUT2D eigenvalue weighted by Gasteiger charge is 2.20. The number of amides is 1. The van der Waals surface area contributed by atoms with E-state index in [0.717, 1.165) is 12.0 Å². The SMILES string of the molecule is CCCN(CC(=O)O)CC(=O)N(C)C(C)c1ccc(Cl)cc1. The average Bonchev–Trinajstić information content (AvgIpc) is 2.46. The molecule has 1 aromatic carbocycles. The lowest BCUT2D eigenvalue weighted by Gasteiger charge is -2.28. The number of nitrogens with zero attached hydrogens (tertiary/aromatic N) is 2. The third-order valence-electron chi connectivity index (χ3n) is 3.58. The second-order valence-corrected chi connectivity index (χ2v) is 5.77. The highest BCUT2D eigenvalue weighted by Crippen LogP contribution is 2.21. The van der Waals surface area contributed by atoms with E-state index in [1.165, 1.54) is 0 Å². The molecular formula is C16H23ClN2O3. The van der Waals surface area contributed by atoms with Gasteiger partial charge in [0, 0.05) is 12.1 Å². The monoisotopic (exact) mass is 326 g/mol. The van der Waals surface area contributed by atoms with E-state index in [9.17, 15) is 9.59 Å². The number of carbonyl (C=O) groups excluding carboxylic acids is 1. The molecule has 6 heteroatoms. The van der Waals surface area contributed by atoms with Gasteiger partial charge >= 0.3 is 5.97 Å². The summed E-state index contributed by atoms with van der Waals surface area (Å²) >= 11 is 5.87. The van der Waals surface area contributed by atoms with Gasteiger partial charge in [-0.05, 0) is 37.6 Å². The van der Waals surface area contributed by atoms with Crippen LogP contribution >= 0.6 is 11.6 Å². The fourth-order valence-corrected chi connectivity index (χ4v) is 2.33. The van der Waals surface area contributed by atoms with E-state index in [1.807, 2.05) is 26.0 Å². The number of aliphatic carboxylic acids is 1. The number of carbonyl (C=O) groups is 2. The third kappa shape index (κ3) is 5.66. The Morgan fingerprint density at radius 3 is 2.32 bits per heavy atom. The molecule has 0 fully saturated rings. The lowest BCUT2D eigenvalue weighted by Crippen LogP contribution is -2.41. The van der Waals surface area contributed by atoms with Gasteiger partial charge in [-0.1, -0.05) is 30.7 Å². The minimum absolute atomic E-state index is 0.0990. The zero-order valence-corrected chi connectivity index (χ0v) is 14.0. The molecule has 122 valence electrons. The van der Waals surface area contributed by atoms with E-state index in [-0.39, 0.29) is 25.0 Å². The van der Waals surface area contributed by atoms with Gasteiger partial charge in [-0.25, -0.2) is 0 Å². The lowest BCUT2D eigenvalue weighted by molar-refractivity contribution is -0.139. The van der Waals surface area contributed by atoms with E-state index in [1.54, 1.807) is 29.0 Å². The van der Waals surface area contributed by atoms with Crippen LogP contribution in [0.25, 0.3) is 0 Å². The first-order valence-corrected chi connectivity index (χ1v) is 7.68. The van der Waals surface area contributed by atoms with Gasteiger partial charge in [-0.2, -0.15) is 0 Å². The van der Waals surface area contributed by atoms with Crippen LogP contribution < -0.4 is 0 Å². The molecule has 0 saturated carbocycles. The molecule has 0 bridgehead atoms. The van der Waals surface area contributed by atoms with Crippen molar-refractivity contribution in [1.29, 1.82) is 0 Å². The van der Waals surface area contributed by atoms with Crippen LogP contribution in [-0.4, -0.2) is 53.5 Å². The normalized spacial score (nSPS) is 12.2. The Kier molecular flexibility index (Phi) is 7.35. The minimum atomic E-state index is -0.922. The van der Waals surface area contributed by atoms with Crippen LogP contribution in [-0.2, 0) is 9.59 Å². The average molecular weight is 327 g/mol. The second-order valence-electron chi connectivity index (χ2n) is 5.34. The predicted octanol–water partition coefficient (Wildman–Crippen LogP) is 2.66. The summed E-state index contributed by atoms with van der Waals surface area (Å²) in [5.41, 5.74) is 0.987. The number of likely N-dealkylation sites (N-methyl/N-ethyl adjacent to an activating group) is 1. The van der Waals surface area contributed by atoms with Crippen molar-refractivity contribution in [3.63, 3.8) is 0 Å². The first-order chi connectivity index (χ1) is 10.3. The Morgan fingerprint density at radius 2 is 1.82 bits per heavy atom. The summed E-state index contributed by atoms with van der Waals surface area (Å²) in [4.78, 5) is 26.5. The summed E-state index contributed by atoms with van der Waals surface area (Å²) in [5.74, 6) is -1.02. The van der Waals surface area contributed by atoms with Crippen LogP contribution in [0.4, 0.5) is 0 Å². The van der Waals surface area contributed by atoms with Crippen LogP contribution in [0.15, 0.2) is 24.3 Å². The second kappa shape index (κ2) is 8.76. The summed E-state index contributed by atoms with van der Waals surface area (Å²) < 4.78 is 0. The first-order valence-electron chi connectivity index (χ1n) is 7.30. The molecule has 1 rings (SSSR count). The molecule has 22 heavy (non-hydrogen) atoms. The molecule has 1 aromatic rings. The zero-order chi connectivity index (χ0) is 16.7. The summed E-state index contributed by atoms with van der Waals surface area (Å²) in [5, 5.41) is 9.55. The summed E-state index contributed by atoms with van der Waals surface area (Å²) in [7, 11) is 1.73. The van der Waals surface area contributed by atoms with Crippen molar-refractivity contribution in [2.45, 2.75) is 26.3 Å². The molecule has 5 nitrogen and oxygen atoms in total. The minimum Gasteiger partial charge on any atom is -0.480 e. The Balaban J connectivity index is 2.69. The molecule has 0 radical (unpaired) electrons. The van der Waals surface area contributed by atoms with E-state index < -0.39 is 5.97 Å². The number of halogens is 1. The molecule has 0 heterocycles. The molecular weight excluding hydrogens is 304 g/mol. The maximum absolute atomic E-state index is 12.4. The van der Waals surface area contributed by atoms with E-state index >= 15 is 0 Å². The van der Waals surface area contributed by atoms with Crippen molar-refractivity contribution in [1.82, 2.24) is 9.80 Å². The topological polar surface area (TPSA) is 60.9 Å². The van der Waals surface area contributed by atoms with Gasteiger partial charge in [0.25, 0.3) is 0 Å². The van der Waals surface area contributed by atoms with Crippen LogP contribution in [0.2, 0.25) is 5.02 Å². The van der Waals surface area contributed by atoms with Gasteiger partial charge in [-0.15, -0.1) is 0 Å². The van der Waals surface area contributed by atoms with Crippen LogP contribution in [0.3, 0.4) is 0 Å². The van der Waals surface area contributed by atoms with Gasteiger partial charge < -0.3 is 10.0 Å². The van der Waals surface area contributed by atoms with Crippen molar-refractivity contribution in [2.75, 3.05) is 26.7 Å². The van der Waals surface area contributed by atoms with E-state index in [2.05, 4.69) is 0 Å². The largest absolute Gasteiger partial charge is 0.480 e. The number of benzene rings is 1. The van der Waals surface area contributed by atoms with Crippen LogP contribution in [0.1, 0.15) is 31.9 Å². The van der Waals surface area contributed by atoms with Gasteiger partial charge in [-0.3, -0.25) is 14.5 Å². The zero-order valence-electron chi connectivity index (χ0n) is 13.3. The van der Waals surface area contributed by atoms with Crippen molar-refractivity contribution in [3.8, 4) is 0 Å². The maximum Gasteiger partial charge on any atom is 0.317 e. The molecule has 1 amide bonds. The van der Waals surface area contributed by atoms with Gasteiger partial charge in [0.15, 0.2) is 0 Å². The molecule has 1 N–H and O–H groups in total. The number of carboxylic acid groups (broad SMARTS) is 1. The number of rotatable bonds is 8. The summed E-state index contributed by atoms with van der Waals surface area (Å²) in [6.45, 7) is 4.46. The molecule has 0 aliphatic carbocycles. The Labute approximate surface area is 136 Å². The fraction of sp³-hybridized carbons (Fsp3) is 0.500. The van der Waals surface area contributed by atoms with Crippen molar-refractivity contribution < 1.29 is 14.7 Å². The predicted molar refractivity (Wildman–Crippen MR) is 87.0 cm³/mol. The van der Waals surface area contributed by atoms with Crippen LogP contribution in [0.5, 0.6) is 0 Å². The number of hydrogen-bond acceptors (Lipinski definition) is 3. The standard InChI is InChI=1S/C16H23ClN2O3/c1-4-9-19(11-16(21)22)10-15(20)18(3)12(2)13-5-7-14(17)8-6-13/h5-8,12H,4,9-11H2,1-3H3,(H,21,22). The van der Waals surface area contributed by atoms with Gasteiger partial charge in [0.05, 0.1) is 19.1 Å². The summed E-state index contributed by atoms with van der Waals surface area (Å²) in [6, 6.07) is 7.26. The lowest BCUT2D eigenvalue weighted by atomic mass is 10.1. The fourth-order valence-electron chi connectivity index (χ4n) is 2.21. The van der Waals surface area contributed by atoms with Gasteiger partial charge in [0.2, 0.25) is 5.91 Å². The van der Waals surface area contributed by atoms with Crippen molar-refractivity contribution in [2.24, 2.45) is 0 Å². The maximum atomic E-state index is 12.4. The third-order valence-corrected chi connectivity index (χ3v) is 3.84. The highest BCUT2D eigenvalue weighted by atomic mass is 35.5. The first kappa shape index (κ1) is 18.5. The molecule has 0 aliphatic heterocycles. The Bertz CT molecular complexity index is 505. The smallest absolute Gasteiger partial charge is 0.317 e. The van der Waals surface area contributed by atoms with Crippen molar-refractivity contribution in [3.05, 3.63) is 34.9 Å². The Morgan fingerprint density at radius 1 is 1.23 bits per heavy atom. The highest BCUT2D eigenvalue weighted by molar-refractivity contribution is 6.30. The van der Waals surface area contributed by atoms with Crippen molar-refractivity contribution >= 4 is 23.5 Å². The molecule has 1 unspecified atom stereocenters. The Hall–Kier alpha value is -1.59. The number of carboxylic acids is 1. The summed E-state index contributed by atoms with van der Waals surface area (Å²) in [6.07, 6.45) is 0.803. The molecule has 0 aromatic heterocycles. The van der Waals surface area contributed by atoms with Crippen LogP contribution in [0, 0.1) is 0 Å². The van der Waals surface area contributed by atoms with E-state index in [4.69, 9.17) is 16.7 Å². The molecule has 1 atom stereocenters. The van der Waals surface area contributed by atoms with Gasteiger partial charge in [0.1, 0.15) is 0 Å². The quantitative estimate of drug-likeness (QED) is 0.798. The molecule has 0 saturated heterocycles. The molecule has 0 aliphatic rings. The molecule has 0 spiro atoms. The number of hydrogen-bond donors (Lipinski definition) is 1.